The first-order valence-electron chi connectivity index (χ1n) is 14.1. The molecule has 1 N–H and O–H groups in total. The lowest BCUT2D eigenvalue weighted by atomic mass is 9.74. The van der Waals surface area contributed by atoms with E-state index in [1.165, 1.54) is 18.5 Å². The molecule has 3 aliphatic heterocycles. The molecule has 39 heavy (non-hydrogen) atoms. The molecule has 2 aromatic heterocycles. The summed E-state index contributed by atoms with van der Waals surface area (Å²) >= 11 is 0. The molecule has 1 atom stereocenters. The van der Waals surface area contributed by atoms with Crippen molar-refractivity contribution in [3.63, 3.8) is 0 Å². The minimum absolute atomic E-state index is 0.272. The fourth-order valence-corrected chi connectivity index (χ4v) is 6.89. The third-order valence-electron chi connectivity index (χ3n) is 8.93. The Morgan fingerprint density at radius 2 is 1.92 bits per heavy atom. The highest BCUT2D eigenvalue weighted by atomic mass is 19.1. The Labute approximate surface area is 228 Å². The minimum Gasteiger partial charge on any atom is -0.434 e. The van der Waals surface area contributed by atoms with Gasteiger partial charge in [-0.05, 0) is 49.3 Å². The molecule has 0 radical (unpaired) electrons. The lowest BCUT2D eigenvalue weighted by molar-refractivity contribution is -0.0589. The standard InChI is InChI=1S/C29H35FN8O/c1-18(2)26(20-10-31-11-20)38-14-29(15-38)7-8-37(13-29)27-28(36-35-17-34-27)39-24-6-5-21(30)9-22(24)23-12-32-16-33-25(23)19-3-4-19/h5-6,9,12,16-20,26,31H,3-4,7-8,10-11,13-15H2,1-2H3. The number of likely N-dealkylation sites (tertiary alicyclic amines) is 1. The molecule has 9 nitrogen and oxygen atoms in total. The molecule has 204 valence electrons. The molecular weight excluding hydrogens is 495 g/mol. The van der Waals surface area contributed by atoms with Gasteiger partial charge in [-0.1, -0.05) is 13.8 Å². The van der Waals surface area contributed by atoms with Gasteiger partial charge in [0.25, 0.3) is 5.88 Å². The lowest BCUT2D eigenvalue weighted by Gasteiger charge is -2.56. The smallest absolute Gasteiger partial charge is 0.282 e. The van der Waals surface area contributed by atoms with Crippen LogP contribution in [0.25, 0.3) is 11.1 Å². The van der Waals surface area contributed by atoms with Gasteiger partial charge in [0.05, 0.1) is 5.69 Å². The number of hydrogen-bond donors (Lipinski definition) is 1. The van der Waals surface area contributed by atoms with Gasteiger partial charge in [-0.2, -0.15) is 0 Å². The quantitative estimate of drug-likeness (QED) is 0.466. The number of halogens is 1. The van der Waals surface area contributed by atoms with E-state index in [0.29, 0.717) is 40.9 Å². The summed E-state index contributed by atoms with van der Waals surface area (Å²) in [6, 6.07) is 5.17. The number of rotatable bonds is 8. The average molecular weight is 531 g/mol. The Morgan fingerprint density at radius 1 is 1.08 bits per heavy atom. The van der Waals surface area contributed by atoms with Crippen molar-refractivity contribution >= 4 is 5.82 Å². The summed E-state index contributed by atoms with van der Waals surface area (Å²) in [6.07, 6.45) is 8.05. The van der Waals surface area contributed by atoms with E-state index in [0.717, 1.165) is 75.7 Å². The second-order valence-electron chi connectivity index (χ2n) is 12.2. The summed E-state index contributed by atoms with van der Waals surface area (Å²) in [5.41, 5.74) is 2.62. The van der Waals surface area contributed by atoms with Crippen molar-refractivity contribution in [1.82, 2.24) is 35.4 Å². The maximum absolute atomic E-state index is 14.4. The molecule has 10 heteroatoms. The molecule has 1 spiro atoms. The van der Waals surface area contributed by atoms with Gasteiger partial charge in [-0.3, -0.25) is 4.90 Å². The topological polar surface area (TPSA) is 92.2 Å². The Kier molecular flexibility index (Phi) is 6.19. The molecule has 3 saturated heterocycles. The largest absolute Gasteiger partial charge is 0.434 e. The van der Waals surface area contributed by atoms with E-state index >= 15 is 0 Å². The second kappa shape index (κ2) is 9.75. The molecule has 1 aromatic carbocycles. The first-order valence-corrected chi connectivity index (χ1v) is 14.1. The molecular formula is C29H35FN8O. The molecule has 1 aliphatic carbocycles. The molecule has 0 bridgehead atoms. The summed E-state index contributed by atoms with van der Waals surface area (Å²) in [5, 5.41) is 11.8. The van der Waals surface area contributed by atoms with E-state index in [9.17, 15) is 4.39 Å². The van der Waals surface area contributed by atoms with Crippen LogP contribution in [0.3, 0.4) is 0 Å². The van der Waals surface area contributed by atoms with Crippen LogP contribution in [-0.4, -0.2) is 75.4 Å². The van der Waals surface area contributed by atoms with Gasteiger partial charge in [0.15, 0.2) is 5.82 Å². The Morgan fingerprint density at radius 3 is 2.67 bits per heavy atom. The first kappa shape index (κ1) is 24.8. The Balaban J connectivity index is 1.11. The fourth-order valence-electron chi connectivity index (χ4n) is 6.89. The van der Waals surface area contributed by atoms with Gasteiger partial charge in [0.2, 0.25) is 0 Å². The second-order valence-corrected chi connectivity index (χ2v) is 12.2. The van der Waals surface area contributed by atoms with Crippen LogP contribution < -0.4 is 15.0 Å². The molecule has 1 saturated carbocycles. The number of aromatic nitrogens is 5. The Bertz CT molecular complexity index is 1350. The zero-order chi connectivity index (χ0) is 26.6. The molecule has 7 rings (SSSR count). The van der Waals surface area contributed by atoms with Crippen LogP contribution >= 0.6 is 0 Å². The van der Waals surface area contributed by atoms with Gasteiger partial charge >= 0.3 is 0 Å². The van der Waals surface area contributed by atoms with Crippen LogP contribution in [0.5, 0.6) is 11.6 Å². The SMILES string of the molecule is CC(C)C(C1CNC1)N1CC2(CCN(c3ncnnc3Oc3ccc(F)cc3-c3cncnc3C3CC3)C2)C1. The third kappa shape index (κ3) is 4.63. The molecule has 4 fully saturated rings. The summed E-state index contributed by atoms with van der Waals surface area (Å²) < 4.78 is 20.8. The minimum atomic E-state index is -0.339. The van der Waals surface area contributed by atoms with Gasteiger partial charge < -0.3 is 15.0 Å². The highest BCUT2D eigenvalue weighted by molar-refractivity contribution is 5.73. The first-order chi connectivity index (χ1) is 19.0. The molecule has 0 amide bonds. The predicted molar refractivity (Wildman–Crippen MR) is 145 cm³/mol. The highest BCUT2D eigenvalue weighted by Crippen LogP contribution is 2.47. The van der Waals surface area contributed by atoms with Crippen molar-refractivity contribution in [1.29, 1.82) is 0 Å². The highest BCUT2D eigenvalue weighted by Gasteiger charge is 2.52. The summed E-state index contributed by atoms with van der Waals surface area (Å²) in [5.74, 6) is 2.97. The zero-order valence-corrected chi connectivity index (χ0v) is 22.6. The van der Waals surface area contributed by atoms with Crippen LogP contribution in [0.4, 0.5) is 10.2 Å². The lowest BCUT2D eigenvalue weighted by Crippen LogP contribution is -2.66. The van der Waals surface area contributed by atoms with E-state index in [1.807, 2.05) is 0 Å². The van der Waals surface area contributed by atoms with Crippen molar-refractivity contribution in [3.05, 3.63) is 48.6 Å². The van der Waals surface area contributed by atoms with Gasteiger partial charge in [-0.25, -0.2) is 19.3 Å². The van der Waals surface area contributed by atoms with Crippen LogP contribution in [0.15, 0.2) is 37.1 Å². The zero-order valence-electron chi connectivity index (χ0n) is 22.6. The Hall–Kier alpha value is -3.24. The third-order valence-corrected chi connectivity index (χ3v) is 8.93. The van der Waals surface area contributed by atoms with Crippen LogP contribution in [0.2, 0.25) is 0 Å². The van der Waals surface area contributed by atoms with Crippen LogP contribution in [0, 0.1) is 23.1 Å². The average Bonchev–Trinajstić information content (AvgIpc) is 3.64. The molecule has 3 aromatic rings. The van der Waals surface area contributed by atoms with E-state index in [2.05, 4.69) is 54.1 Å². The van der Waals surface area contributed by atoms with Crippen molar-refractivity contribution in [2.24, 2.45) is 17.3 Å². The number of nitrogens with zero attached hydrogens (tertiary/aromatic N) is 7. The fraction of sp³-hybridized carbons (Fsp3) is 0.552. The summed E-state index contributed by atoms with van der Waals surface area (Å²) in [4.78, 5) is 18.3. The van der Waals surface area contributed by atoms with Gasteiger partial charge in [-0.15, -0.1) is 10.2 Å². The number of anilines is 1. The van der Waals surface area contributed by atoms with Crippen molar-refractivity contribution < 1.29 is 9.13 Å². The van der Waals surface area contributed by atoms with Crippen molar-refractivity contribution in [3.8, 4) is 22.8 Å². The van der Waals surface area contributed by atoms with E-state index in [4.69, 9.17) is 4.74 Å². The number of nitrogens with one attached hydrogen (secondary N) is 1. The van der Waals surface area contributed by atoms with Crippen LogP contribution in [-0.2, 0) is 0 Å². The molecule has 1 unspecified atom stereocenters. The van der Waals surface area contributed by atoms with E-state index < -0.39 is 0 Å². The van der Waals surface area contributed by atoms with Gasteiger partial charge in [0, 0.05) is 74.0 Å². The van der Waals surface area contributed by atoms with Gasteiger partial charge in [0.1, 0.15) is 24.2 Å². The monoisotopic (exact) mass is 530 g/mol. The maximum atomic E-state index is 14.4. The summed E-state index contributed by atoms with van der Waals surface area (Å²) in [6.45, 7) is 11.0. The van der Waals surface area contributed by atoms with Crippen molar-refractivity contribution in [2.75, 3.05) is 44.2 Å². The van der Waals surface area contributed by atoms with Crippen LogP contribution in [0.1, 0.15) is 44.7 Å². The van der Waals surface area contributed by atoms with Crippen molar-refractivity contribution in [2.45, 2.75) is 45.1 Å². The predicted octanol–water partition coefficient (Wildman–Crippen LogP) is 3.89. The number of benzene rings is 1. The van der Waals surface area contributed by atoms with E-state index in [-0.39, 0.29) is 11.2 Å². The number of hydrogen-bond acceptors (Lipinski definition) is 9. The maximum Gasteiger partial charge on any atom is 0.282 e. The molecule has 4 aliphatic rings. The molecule has 5 heterocycles. The normalized spacial score (nSPS) is 21.7. The summed E-state index contributed by atoms with van der Waals surface area (Å²) in [7, 11) is 0. The van der Waals surface area contributed by atoms with E-state index in [1.54, 1.807) is 18.6 Å². The number of ether oxygens (including phenoxy) is 1.